The summed E-state index contributed by atoms with van der Waals surface area (Å²) in [4.78, 5) is 50.8. The van der Waals surface area contributed by atoms with Crippen LogP contribution in [0.5, 0.6) is 0 Å². The molecule has 16 heteroatoms. The van der Waals surface area contributed by atoms with E-state index in [2.05, 4.69) is 22.2 Å². The third-order valence-electron chi connectivity index (χ3n) is 7.00. The minimum absolute atomic E-state index is 0. The van der Waals surface area contributed by atoms with Gasteiger partial charge >= 0.3 is 11.4 Å². The molecule has 5 N–H and O–H groups in total. The highest BCUT2D eigenvalue weighted by molar-refractivity contribution is 6.29. The van der Waals surface area contributed by atoms with Crippen LogP contribution in [0.25, 0.3) is 0 Å². The predicted molar refractivity (Wildman–Crippen MR) is 159 cm³/mol. The van der Waals surface area contributed by atoms with Gasteiger partial charge in [-0.2, -0.15) is 0 Å². The van der Waals surface area contributed by atoms with Gasteiger partial charge in [0.1, 0.15) is 11.0 Å². The van der Waals surface area contributed by atoms with Crippen molar-refractivity contribution in [3.63, 3.8) is 0 Å². The molecular weight excluding hydrogens is 631 g/mol. The lowest BCUT2D eigenvalue weighted by Gasteiger charge is -2.36. The first-order valence-electron chi connectivity index (χ1n) is 14.2. The Bertz CT molecular complexity index is 1370. The normalized spacial score (nSPS) is 19.0. The fourth-order valence-electron chi connectivity index (χ4n) is 5.22. The Hall–Kier alpha value is -2.71. The number of anilines is 1. The predicted octanol–water partition coefficient (Wildman–Crippen LogP) is 1.71. The van der Waals surface area contributed by atoms with Crippen molar-refractivity contribution < 1.29 is 30.0 Å². The van der Waals surface area contributed by atoms with Gasteiger partial charge in [-0.25, -0.2) is 31.7 Å². The Morgan fingerprint density at radius 3 is 1.73 bits per heavy atom. The van der Waals surface area contributed by atoms with Gasteiger partial charge in [-0.15, -0.1) is 0 Å². The average molecular weight is 674 g/mol. The number of rotatable bonds is 8. The van der Waals surface area contributed by atoms with E-state index in [1.54, 1.807) is 20.8 Å². The summed E-state index contributed by atoms with van der Waals surface area (Å²) in [6, 6.07) is 1.83. The molecule has 0 saturated heterocycles. The number of halogens is 6. The van der Waals surface area contributed by atoms with Crippen molar-refractivity contribution in [3.8, 4) is 0 Å². The number of H-pyrrole nitrogens is 2. The number of hydrogen-bond donors (Lipinski definition) is 4. The van der Waals surface area contributed by atoms with E-state index in [-0.39, 0.29) is 78.8 Å². The topological polar surface area (TPSA) is 148 Å². The fourth-order valence-corrected chi connectivity index (χ4v) is 5.39. The van der Waals surface area contributed by atoms with Crippen LogP contribution >= 0.6 is 11.6 Å². The summed E-state index contributed by atoms with van der Waals surface area (Å²) in [7, 11) is 0. The maximum absolute atomic E-state index is 12.8. The molecule has 2 aromatic heterocycles. The van der Waals surface area contributed by atoms with E-state index < -0.39 is 34.8 Å². The van der Waals surface area contributed by atoms with E-state index in [4.69, 9.17) is 17.3 Å². The van der Waals surface area contributed by atoms with Crippen LogP contribution in [0, 0.1) is 18.8 Å². The molecule has 0 bridgehead atoms. The zero-order valence-electron chi connectivity index (χ0n) is 25.4. The Balaban J connectivity index is 0.000000358. The lowest BCUT2D eigenvalue weighted by atomic mass is 9.78. The van der Waals surface area contributed by atoms with Crippen LogP contribution in [0.3, 0.4) is 0 Å². The van der Waals surface area contributed by atoms with Crippen molar-refractivity contribution in [1.29, 1.82) is 0 Å². The molecule has 250 valence electrons. The van der Waals surface area contributed by atoms with E-state index in [0.717, 1.165) is 21.6 Å². The second-order valence-electron chi connectivity index (χ2n) is 12.0. The second-order valence-corrected chi connectivity index (χ2v) is 12.4. The van der Waals surface area contributed by atoms with Crippen molar-refractivity contribution in [2.45, 2.75) is 109 Å². The van der Waals surface area contributed by atoms with Crippen molar-refractivity contribution in [1.82, 2.24) is 19.1 Å². The summed E-state index contributed by atoms with van der Waals surface area (Å²) in [6.07, 6.45) is 1.28. The molecule has 0 aliphatic heterocycles. The number of aromatic nitrogens is 4. The number of hydrogen-bond acceptors (Lipinski definition) is 6. The molecule has 10 nitrogen and oxygen atoms in total. The molecule has 4 rings (SSSR count). The van der Waals surface area contributed by atoms with Gasteiger partial charge in [-0.3, -0.25) is 24.1 Å². The summed E-state index contributed by atoms with van der Waals surface area (Å²) in [6.45, 7) is 12.4. The van der Waals surface area contributed by atoms with Gasteiger partial charge < -0.3 is 23.5 Å². The third kappa shape index (κ3) is 12.0. The van der Waals surface area contributed by atoms with Crippen LogP contribution in [-0.2, 0) is 0 Å². The number of nitrogens with zero attached hydrogens (tertiary/aromatic N) is 2. The molecule has 2 aromatic rings. The van der Waals surface area contributed by atoms with Crippen LogP contribution in [-0.4, -0.2) is 43.0 Å². The van der Waals surface area contributed by atoms with Gasteiger partial charge in [-0.05, 0) is 59.3 Å². The summed E-state index contributed by atoms with van der Waals surface area (Å²) >= 11 is 5.44. The maximum atomic E-state index is 12.8. The van der Waals surface area contributed by atoms with Gasteiger partial charge in [0, 0.05) is 55.9 Å². The minimum atomic E-state index is -2.52. The van der Waals surface area contributed by atoms with Crippen molar-refractivity contribution in [2.24, 2.45) is 17.6 Å². The maximum Gasteiger partial charge on any atom is 0.333 e. The summed E-state index contributed by atoms with van der Waals surface area (Å²) in [5.41, 5.74) is 3.63. The third-order valence-corrected chi connectivity index (χ3v) is 7.20. The molecule has 2 fully saturated rings. The van der Waals surface area contributed by atoms with Gasteiger partial charge in [0.25, 0.3) is 11.1 Å². The van der Waals surface area contributed by atoms with Crippen LogP contribution < -0.4 is 46.0 Å². The standard InChI is InChI=1S/C14H21F2N3O2.C7H7ClN2O2.C7H13F2N.ClH/c1-8(2)19-12(20)5-11(18-13(19)21)17-9(3)4-10-6-14(15,16)7-10;1-4(2)10-6(11)3-5(8)9-7(10)12;1-5(10)2-6-3-7(8,9)4-6;/h5,8-10,17H,4,6-7H2,1-3H3,(H,18,21);3-4H,1H2,2H3;5-6H,2-4,10H2,1H3;1H/t9-;;5-;/m0.0./s1. The monoisotopic (exact) mass is 672 g/mol. The highest BCUT2D eigenvalue weighted by atomic mass is 35.5. The molecule has 2 aliphatic carbocycles. The van der Waals surface area contributed by atoms with Crippen molar-refractivity contribution in [3.05, 3.63) is 65.9 Å². The smallest absolute Gasteiger partial charge is 0.333 e. The first kappa shape index (κ1) is 39.3. The Morgan fingerprint density at radius 1 is 0.886 bits per heavy atom. The Morgan fingerprint density at radius 2 is 1.34 bits per heavy atom. The molecule has 2 saturated carbocycles. The molecule has 0 aromatic carbocycles. The van der Waals surface area contributed by atoms with E-state index in [1.807, 2.05) is 13.8 Å². The van der Waals surface area contributed by atoms with E-state index in [0.29, 0.717) is 12.2 Å². The van der Waals surface area contributed by atoms with Crippen LogP contribution in [0.15, 0.2) is 31.3 Å². The molecule has 2 aliphatic rings. The fraction of sp³-hybridized carbons (Fsp3) is 0.679. The molecule has 2 heterocycles. The minimum Gasteiger partial charge on any atom is -1.00 e. The van der Waals surface area contributed by atoms with Gasteiger partial charge in [0.2, 0.25) is 11.8 Å². The molecule has 0 radical (unpaired) electrons. The quantitative estimate of drug-likeness (QED) is 0.191. The number of nitrogens with two attached hydrogens (primary N) is 1. The van der Waals surface area contributed by atoms with Crippen molar-refractivity contribution in [2.75, 3.05) is 5.32 Å². The van der Waals surface area contributed by atoms with Gasteiger partial charge in [0.05, 0.1) is 6.92 Å². The lowest BCUT2D eigenvalue weighted by molar-refractivity contribution is -0.113. The highest BCUT2D eigenvalue weighted by Gasteiger charge is 2.45. The lowest BCUT2D eigenvalue weighted by Crippen LogP contribution is -3.00. The average Bonchev–Trinajstić information content (AvgIpc) is 2.75. The molecular formula is C28H42Cl2F4N6O4. The second kappa shape index (κ2) is 16.0. The molecule has 3 atom stereocenters. The molecule has 0 amide bonds. The summed E-state index contributed by atoms with van der Waals surface area (Å²) in [5.74, 6) is -4.39. The zero-order chi connectivity index (χ0) is 32.9. The van der Waals surface area contributed by atoms with E-state index in [9.17, 15) is 36.7 Å². The zero-order valence-corrected chi connectivity index (χ0v) is 27.0. The summed E-state index contributed by atoms with van der Waals surface area (Å²) < 4.78 is 52.1. The Labute approximate surface area is 264 Å². The van der Waals surface area contributed by atoms with Crippen LogP contribution in [0.4, 0.5) is 23.4 Å². The largest absolute Gasteiger partial charge is 1.00 e. The number of alkyl halides is 4. The van der Waals surface area contributed by atoms with E-state index in [1.165, 1.54) is 6.07 Å². The van der Waals surface area contributed by atoms with Gasteiger partial charge in [0.15, 0.2) is 6.04 Å². The Kier molecular flexibility index (Phi) is 14.3. The summed E-state index contributed by atoms with van der Waals surface area (Å²) in [5, 5.41) is 3.05. The number of nitrogens with one attached hydrogen (secondary N) is 3. The highest BCUT2D eigenvalue weighted by Crippen LogP contribution is 2.45. The number of aromatic amines is 2. The van der Waals surface area contributed by atoms with Crippen LogP contribution in [0.1, 0.15) is 85.2 Å². The molecule has 1 unspecified atom stereocenters. The first-order chi connectivity index (χ1) is 19.7. The van der Waals surface area contributed by atoms with Gasteiger partial charge in [-0.1, -0.05) is 11.6 Å². The van der Waals surface area contributed by atoms with E-state index >= 15 is 0 Å². The first-order valence-corrected chi connectivity index (χ1v) is 14.6. The molecule has 44 heavy (non-hydrogen) atoms. The van der Waals surface area contributed by atoms with Crippen LogP contribution in [0.2, 0.25) is 5.15 Å². The molecule has 0 spiro atoms. The van der Waals surface area contributed by atoms with Crippen molar-refractivity contribution >= 4 is 17.4 Å². The SMILES string of the molecule is CC(C)n1c(=O)cc(N[C@@H](C)CC2CC(F)(F)C2)[nH]c1=O.C[C@H](N)CC1CC(F)(F)C1.[CH2+]C(C)n1c(=O)cc(Cl)[nH]c1=O.[Cl-].